The zero-order valence-corrected chi connectivity index (χ0v) is 12.7. The molecule has 1 atom stereocenters. The molecule has 1 aromatic rings. The lowest BCUT2D eigenvalue weighted by Crippen LogP contribution is -2.24. The van der Waals surface area contributed by atoms with E-state index in [1.165, 1.54) is 11.8 Å². The van der Waals surface area contributed by atoms with Gasteiger partial charge in [-0.3, -0.25) is 0 Å². The maximum Gasteiger partial charge on any atom is 0.190 e. The fourth-order valence-corrected chi connectivity index (χ4v) is 4.86. The monoisotopic (exact) mass is 302 g/mol. The molecule has 2 rings (SSSR count). The van der Waals surface area contributed by atoms with Crippen molar-refractivity contribution >= 4 is 21.6 Å². The van der Waals surface area contributed by atoms with E-state index in [1.807, 2.05) is 19.1 Å². The van der Waals surface area contributed by atoms with Gasteiger partial charge in [0, 0.05) is 6.42 Å². The van der Waals surface area contributed by atoms with Gasteiger partial charge in [-0.2, -0.15) is 0 Å². The molecule has 0 aliphatic carbocycles. The minimum absolute atomic E-state index is 0.357. The molecule has 1 unspecified atom stereocenters. The van der Waals surface area contributed by atoms with Gasteiger partial charge in [0.1, 0.15) is 4.58 Å². The van der Waals surface area contributed by atoms with Gasteiger partial charge in [-0.1, -0.05) is 17.7 Å². The first-order valence-electron chi connectivity index (χ1n) is 6.10. The molecule has 6 heteroatoms. The second-order valence-corrected chi connectivity index (χ2v) is 7.90. The predicted octanol–water partition coefficient (Wildman–Crippen LogP) is 2.22. The molecule has 4 nitrogen and oxygen atoms in total. The van der Waals surface area contributed by atoms with Crippen molar-refractivity contribution in [1.29, 1.82) is 0 Å². The Hall–Kier alpha value is -0.560. The smallest absolute Gasteiger partial charge is 0.190 e. The van der Waals surface area contributed by atoms with Crippen molar-refractivity contribution < 1.29 is 17.9 Å². The van der Waals surface area contributed by atoms with Crippen LogP contribution in [0.4, 0.5) is 0 Å². The van der Waals surface area contributed by atoms with Crippen molar-refractivity contribution in [2.75, 3.05) is 19.5 Å². The van der Waals surface area contributed by atoms with Crippen molar-refractivity contribution in [3.63, 3.8) is 0 Å². The number of ether oxygens (including phenoxy) is 2. The highest BCUT2D eigenvalue weighted by molar-refractivity contribution is 8.13. The van der Waals surface area contributed by atoms with E-state index in [1.54, 1.807) is 18.4 Å². The van der Waals surface area contributed by atoms with Crippen LogP contribution in [0.15, 0.2) is 29.2 Å². The lowest BCUT2D eigenvalue weighted by atomic mass is 10.2. The number of sulfone groups is 1. The summed E-state index contributed by atoms with van der Waals surface area (Å²) in [5.41, 5.74) is 1.04. The van der Waals surface area contributed by atoms with E-state index in [9.17, 15) is 8.42 Å². The van der Waals surface area contributed by atoms with Crippen molar-refractivity contribution in [3.8, 4) is 0 Å². The Morgan fingerprint density at radius 3 is 2.37 bits per heavy atom. The van der Waals surface area contributed by atoms with E-state index < -0.39 is 20.7 Å². The quantitative estimate of drug-likeness (QED) is 0.835. The summed E-state index contributed by atoms with van der Waals surface area (Å²) in [6, 6.07) is 6.94. The Balaban J connectivity index is 2.17. The standard InChI is InChI=1S/C13H18O4S2/c1-10-3-5-11(6-4-10)19(14,15)13(18-2)9-12-16-7-8-17-12/h3-6,12-13H,7-9H2,1-2H3. The van der Waals surface area contributed by atoms with Gasteiger partial charge in [0.25, 0.3) is 0 Å². The van der Waals surface area contributed by atoms with Crippen LogP contribution >= 0.6 is 11.8 Å². The van der Waals surface area contributed by atoms with Crippen LogP contribution in [0.5, 0.6) is 0 Å². The van der Waals surface area contributed by atoms with E-state index in [0.717, 1.165) is 5.56 Å². The summed E-state index contributed by atoms with van der Waals surface area (Å²) >= 11 is 1.31. The van der Waals surface area contributed by atoms with Crippen molar-refractivity contribution in [2.45, 2.75) is 29.1 Å². The highest BCUT2D eigenvalue weighted by Gasteiger charge is 2.31. The third kappa shape index (κ3) is 3.51. The number of hydrogen-bond donors (Lipinski definition) is 0. The van der Waals surface area contributed by atoms with Gasteiger partial charge in [0.2, 0.25) is 0 Å². The van der Waals surface area contributed by atoms with Crippen molar-refractivity contribution in [3.05, 3.63) is 29.8 Å². The Morgan fingerprint density at radius 1 is 1.26 bits per heavy atom. The highest BCUT2D eigenvalue weighted by Crippen LogP contribution is 2.28. The maximum absolute atomic E-state index is 12.5. The average Bonchev–Trinajstić information content (AvgIpc) is 2.89. The minimum Gasteiger partial charge on any atom is -0.350 e. The number of hydrogen-bond acceptors (Lipinski definition) is 5. The zero-order chi connectivity index (χ0) is 13.9. The minimum atomic E-state index is -3.35. The molecule has 0 aromatic heterocycles. The lowest BCUT2D eigenvalue weighted by molar-refractivity contribution is -0.0437. The molecule has 0 N–H and O–H groups in total. The van der Waals surface area contributed by atoms with E-state index in [4.69, 9.17) is 9.47 Å². The molecule has 1 saturated heterocycles. The van der Waals surface area contributed by atoms with Crippen LogP contribution in [-0.2, 0) is 19.3 Å². The second kappa shape index (κ2) is 6.26. The Morgan fingerprint density at radius 2 is 1.84 bits per heavy atom. The molecule has 0 bridgehead atoms. The molecule has 1 aliphatic rings. The molecule has 1 fully saturated rings. The first-order chi connectivity index (χ1) is 9.04. The van der Waals surface area contributed by atoms with Crippen molar-refractivity contribution in [2.24, 2.45) is 0 Å². The molecule has 1 aromatic carbocycles. The van der Waals surface area contributed by atoms with Crippen LogP contribution in [0.25, 0.3) is 0 Å². The molecule has 0 radical (unpaired) electrons. The third-order valence-electron chi connectivity index (χ3n) is 3.03. The predicted molar refractivity (Wildman–Crippen MR) is 76.0 cm³/mol. The summed E-state index contributed by atoms with van der Waals surface area (Å²) in [6.07, 6.45) is 1.75. The van der Waals surface area contributed by atoms with E-state index in [0.29, 0.717) is 24.5 Å². The molecular formula is C13H18O4S2. The van der Waals surface area contributed by atoms with Gasteiger partial charge < -0.3 is 9.47 Å². The number of thioether (sulfide) groups is 1. The lowest BCUT2D eigenvalue weighted by Gasteiger charge is -2.18. The van der Waals surface area contributed by atoms with Gasteiger partial charge in [0.15, 0.2) is 16.1 Å². The van der Waals surface area contributed by atoms with E-state index in [2.05, 4.69) is 0 Å². The van der Waals surface area contributed by atoms with E-state index >= 15 is 0 Å². The molecule has 106 valence electrons. The summed E-state index contributed by atoms with van der Waals surface area (Å²) < 4.78 is 35.2. The van der Waals surface area contributed by atoms with Crippen molar-refractivity contribution in [1.82, 2.24) is 0 Å². The number of aryl methyl sites for hydroxylation is 1. The van der Waals surface area contributed by atoms with Gasteiger partial charge in [-0.25, -0.2) is 8.42 Å². The first kappa shape index (κ1) is 14.8. The Bertz CT molecular complexity index is 504. The average molecular weight is 302 g/mol. The fourth-order valence-electron chi connectivity index (χ4n) is 1.93. The third-order valence-corrected chi connectivity index (χ3v) is 6.90. The summed E-state index contributed by atoms with van der Waals surface area (Å²) in [6.45, 7) is 3.01. The molecule has 1 heterocycles. The molecular weight excluding hydrogens is 284 g/mol. The first-order valence-corrected chi connectivity index (χ1v) is 8.94. The molecule has 19 heavy (non-hydrogen) atoms. The van der Waals surface area contributed by atoms with Crippen LogP contribution in [0, 0.1) is 6.92 Å². The second-order valence-electron chi connectivity index (χ2n) is 4.43. The number of rotatable bonds is 5. The normalized spacial score (nSPS) is 18.6. The van der Waals surface area contributed by atoms with Gasteiger partial charge >= 0.3 is 0 Å². The maximum atomic E-state index is 12.5. The summed E-state index contributed by atoms with van der Waals surface area (Å²) in [4.78, 5) is 0.357. The summed E-state index contributed by atoms with van der Waals surface area (Å²) in [5, 5.41) is 0. The molecule has 0 saturated carbocycles. The Kier molecular flexibility index (Phi) is 4.89. The molecule has 1 aliphatic heterocycles. The highest BCUT2D eigenvalue weighted by atomic mass is 32.3. The van der Waals surface area contributed by atoms with Gasteiger partial charge in [-0.15, -0.1) is 11.8 Å². The van der Waals surface area contributed by atoms with Gasteiger partial charge in [0.05, 0.1) is 18.1 Å². The van der Waals surface area contributed by atoms with Crippen LogP contribution in [-0.4, -0.2) is 38.8 Å². The fraction of sp³-hybridized carbons (Fsp3) is 0.538. The Labute approximate surface area is 118 Å². The largest absolute Gasteiger partial charge is 0.350 e. The van der Waals surface area contributed by atoms with Crippen LogP contribution < -0.4 is 0 Å². The number of benzene rings is 1. The summed E-state index contributed by atoms with van der Waals surface area (Å²) in [5.74, 6) is 0. The van der Waals surface area contributed by atoms with Crippen LogP contribution in [0.2, 0.25) is 0 Å². The zero-order valence-electron chi connectivity index (χ0n) is 11.0. The topological polar surface area (TPSA) is 52.6 Å². The summed E-state index contributed by atoms with van der Waals surface area (Å²) in [7, 11) is -3.35. The SMILES string of the molecule is CSC(CC1OCCO1)S(=O)(=O)c1ccc(C)cc1. The molecule has 0 spiro atoms. The van der Waals surface area contributed by atoms with Gasteiger partial charge in [-0.05, 0) is 25.3 Å². The van der Waals surface area contributed by atoms with E-state index in [-0.39, 0.29) is 0 Å². The van der Waals surface area contributed by atoms with Crippen LogP contribution in [0.1, 0.15) is 12.0 Å². The van der Waals surface area contributed by atoms with Crippen LogP contribution in [0.3, 0.4) is 0 Å². The molecule has 0 amide bonds.